The predicted octanol–water partition coefficient (Wildman–Crippen LogP) is 6.16. The van der Waals surface area contributed by atoms with Crippen molar-refractivity contribution in [2.24, 2.45) is 0 Å². The number of nitriles is 1. The summed E-state index contributed by atoms with van der Waals surface area (Å²) in [5.41, 5.74) is 1.55. The number of amides is 1. The number of carbonyl (C=O) groups excluding carboxylic acids is 1. The molecule has 0 unspecified atom stereocenters. The van der Waals surface area contributed by atoms with E-state index in [1.807, 2.05) is 50.3 Å². The molecule has 0 bridgehead atoms. The van der Waals surface area contributed by atoms with Crippen LogP contribution in [0.5, 0.6) is 17.2 Å². The Labute approximate surface area is 228 Å². The van der Waals surface area contributed by atoms with Crippen LogP contribution in [0, 0.1) is 11.3 Å². The molecule has 0 atom stereocenters. The molecule has 0 spiro atoms. The number of aromatic nitrogens is 2. The average Bonchev–Trinajstić information content (AvgIpc) is 3.35. The number of nitrogens with one attached hydrogen (secondary N) is 1. The van der Waals surface area contributed by atoms with Gasteiger partial charge in [-0.3, -0.25) is 10.1 Å². The lowest BCUT2D eigenvalue weighted by Crippen LogP contribution is -2.13. The molecule has 0 aliphatic heterocycles. The van der Waals surface area contributed by atoms with Gasteiger partial charge in [0.1, 0.15) is 35.6 Å². The van der Waals surface area contributed by atoms with Crippen molar-refractivity contribution in [1.29, 1.82) is 5.26 Å². The highest BCUT2D eigenvalue weighted by atomic mass is 79.9. The van der Waals surface area contributed by atoms with Crippen LogP contribution in [0.25, 0.3) is 6.08 Å². The zero-order valence-corrected chi connectivity index (χ0v) is 23.2. The molecule has 0 aliphatic rings. The molecule has 0 fully saturated rings. The first-order chi connectivity index (χ1) is 17.9. The van der Waals surface area contributed by atoms with Crippen LogP contribution in [0.3, 0.4) is 0 Å². The Bertz CT molecular complexity index is 1330. The number of ether oxygens (including phenoxy) is 3. The fourth-order valence-electron chi connectivity index (χ4n) is 3.23. The van der Waals surface area contributed by atoms with E-state index >= 15 is 0 Å². The van der Waals surface area contributed by atoms with Crippen molar-refractivity contribution in [3.63, 3.8) is 0 Å². The first kappa shape index (κ1) is 27.9. The summed E-state index contributed by atoms with van der Waals surface area (Å²) in [5, 5.41) is 21.3. The van der Waals surface area contributed by atoms with Gasteiger partial charge in [-0.05, 0) is 57.8 Å². The standard InChI is InChI=1S/C27H27BrN4O4S/c1-5-8-19-9-6-7-10-22(19)35-11-12-36-24-21(28)14-18(15-23(24)34-4)13-20(16-29)25(33)30-27-32-31-26(37-27)17(2)3/h5-7,9-10,13-15,17H,1,8,11-12H2,2-4H3,(H,30,32,33). The summed E-state index contributed by atoms with van der Waals surface area (Å²) in [4.78, 5) is 12.6. The summed E-state index contributed by atoms with van der Waals surface area (Å²) < 4.78 is 17.9. The van der Waals surface area contributed by atoms with Gasteiger partial charge >= 0.3 is 0 Å². The first-order valence-corrected chi connectivity index (χ1v) is 13.1. The van der Waals surface area contributed by atoms with Crippen LogP contribution < -0.4 is 19.5 Å². The molecule has 1 aromatic heterocycles. The van der Waals surface area contributed by atoms with E-state index in [2.05, 4.69) is 38.0 Å². The number of para-hydroxylation sites is 1. The topological polar surface area (TPSA) is 106 Å². The maximum atomic E-state index is 12.6. The number of methoxy groups -OCH3 is 1. The van der Waals surface area contributed by atoms with E-state index in [0.29, 0.717) is 39.7 Å². The van der Waals surface area contributed by atoms with Gasteiger partial charge in [-0.15, -0.1) is 16.8 Å². The van der Waals surface area contributed by atoms with Gasteiger partial charge in [0.15, 0.2) is 11.5 Å². The van der Waals surface area contributed by atoms with Gasteiger partial charge < -0.3 is 14.2 Å². The minimum atomic E-state index is -0.571. The van der Waals surface area contributed by atoms with Gasteiger partial charge in [-0.2, -0.15) is 5.26 Å². The summed E-state index contributed by atoms with van der Waals surface area (Å²) in [6, 6.07) is 13.1. The Morgan fingerprint density at radius 1 is 1.22 bits per heavy atom. The van der Waals surface area contributed by atoms with Crippen LogP contribution >= 0.6 is 27.3 Å². The third-order valence-corrected chi connectivity index (χ3v) is 6.74. The zero-order valence-electron chi connectivity index (χ0n) is 20.8. The Morgan fingerprint density at radius 3 is 2.65 bits per heavy atom. The fraction of sp³-hybridized carbons (Fsp3) is 0.259. The third kappa shape index (κ3) is 7.65. The van der Waals surface area contributed by atoms with Crippen LogP contribution in [0.2, 0.25) is 0 Å². The van der Waals surface area contributed by atoms with Crippen molar-refractivity contribution >= 4 is 44.4 Å². The molecule has 3 rings (SSSR count). The number of benzene rings is 2. The molecule has 1 amide bonds. The molecule has 1 N–H and O–H groups in total. The van der Waals surface area contributed by atoms with Crippen molar-refractivity contribution in [1.82, 2.24) is 10.2 Å². The molecule has 0 aliphatic carbocycles. The molecular weight excluding hydrogens is 556 g/mol. The molecule has 2 aromatic carbocycles. The molecule has 1 heterocycles. The minimum Gasteiger partial charge on any atom is -0.493 e. The lowest BCUT2D eigenvalue weighted by Gasteiger charge is -2.15. The summed E-state index contributed by atoms with van der Waals surface area (Å²) in [5.74, 6) is 1.34. The number of rotatable bonds is 12. The summed E-state index contributed by atoms with van der Waals surface area (Å²) >= 11 is 4.78. The van der Waals surface area contributed by atoms with Crippen LogP contribution in [0.15, 0.2) is 59.1 Å². The maximum absolute atomic E-state index is 12.6. The Morgan fingerprint density at radius 2 is 1.97 bits per heavy atom. The van der Waals surface area contributed by atoms with E-state index in [9.17, 15) is 10.1 Å². The predicted molar refractivity (Wildman–Crippen MR) is 148 cm³/mol. The highest BCUT2D eigenvalue weighted by molar-refractivity contribution is 9.10. The molecular formula is C27H27BrN4O4S. The molecule has 37 heavy (non-hydrogen) atoms. The normalized spacial score (nSPS) is 11.1. The molecule has 3 aromatic rings. The lowest BCUT2D eigenvalue weighted by atomic mass is 10.1. The van der Waals surface area contributed by atoms with E-state index in [0.717, 1.165) is 16.3 Å². The van der Waals surface area contributed by atoms with Gasteiger partial charge in [0, 0.05) is 5.92 Å². The van der Waals surface area contributed by atoms with Gasteiger partial charge in [0.2, 0.25) is 5.13 Å². The highest BCUT2D eigenvalue weighted by Crippen LogP contribution is 2.37. The average molecular weight is 584 g/mol. The summed E-state index contributed by atoms with van der Waals surface area (Å²) in [6.07, 6.45) is 4.02. The second-order valence-corrected chi connectivity index (χ2v) is 9.92. The number of nitrogens with zero attached hydrogens (tertiary/aromatic N) is 3. The first-order valence-electron chi connectivity index (χ1n) is 11.4. The van der Waals surface area contributed by atoms with Gasteiger partial charge in [-0.25, -0.2) is 0 Å². The number of hydrogen-bond acceptors (Lipinski definition) is 8. The SMILES string of the molecule is C=CCc1ccccc1OCCOc1c(Br)cc(C=C(C#N)C(=O)Nc2nnc(C(C)C)s2)cc1OC. The minimum absolute atomic E-state index is 0.0875. The highest BCUT2D eigenvalue weighted by Gasteiger charge is 2.16. The molecule has 0 radical (unpaired) electrons. The largest absolute Gasteiger partial charge is 0.493 e. The Kier molecular flexibility index (Phi) is 10.2. The van der Waals surface area contributed by atoms with Crippen molar-refractivity contribution in [2.45, 2.75) is 26.2 Å². The molecule has 0 saturated heterocycles. The third-order valence-electron chi connectivity index (χ3n) is 5.01. The molecule has 192 valence electrons. The second-order valence-electron chi connectivity index (χ2n) is 8.06. The van der Waals surface area contributed by atoms with Gasteiger partial charge in [0.25, 0.3) is 5.91 Å². The number of carbonyl (C=O) groups is 1. The summed E-state index contributed by atoms with van der Waals surface area (Å²) in [7, 11) is 1.52. The number of halogens is 1. The van der Waals surface area contributed by atoms with E-state index < -0.39 is 5.91 Å². The number of hydrogen-bond donors (Lipinski definition) is 1. The quantitative estimate of drug-likeness (QED) is 0.118. The van der Waals surface area contributed by atoms with E-state index in [1.54, 1.807) is 12.1 Å². The van der Waals surface area contributed by atoms with Crippen molar-refractivity contribution in [3.05, 3.63) is 75.2 Å². The fourth-order valence-corrected chi connectivity index (χ4v) is 4.54. The number of allylic oxidation sites excluding steroid dienone is 1. The lowest BCUT2D eigenvalue weighted by molar-refractivity contribution is -0.112. The van der Waals surface area contributed by atoms with E-state index in [-0.39, 0.29) is 18.1 Å². The van der Waals surface area contributed by atoms with Gasteiger partial charge in [0.05, 0.1) is 11.6 Å². The van der Waals surface area contributed by atoms with Crippen LogP contribution in [0.4, 0.5) is 5.13 Å². The monoisotopic (exact) mass is 582 g/mol. The van der Waals surface area contributed by atoms with E-state index in [1.165, 1.54) is 24.5 Å². The van der Waals surface area contributed by atoms with Crippen molar-refractivity contribution in [3.8, 4) is 23.3 Å². The second kappa shape index (κ2) is 13.6. The van der Waals surface area contributed by atoms with Crippen LogP contribution in [-0.4, -0.2) is 36.4 Å². The van der Waals surface area contributed by atoms with Crippen molar-refractivity contribution in [2.75, 3.05) is 25.6 Å². The Hall–Kier alpha value is -3.68. The zero-order chi connectivity index (χ0) is 26.8. The van der Waals surface area contributed by atoms with Crippen LogP contribution in [-0.2, 0) is 11.2 Å². The Balaban J connectivity index is 1.68. The molecule has 10 heteroatoms. The molecule has 0 saturated carbocycles. The van der Waals surface area contributed by atoms with Gasteiger partial charge in [-0.1, -0.05) is 49.5 Å². The summed E-state index contributed by atoms with van der Waals surface area (Å²) in [6.45, 7) is 8.36. The van der Waals surface area contributed by atoms with Crippen LogP contribution in [0.1, 0.15) is 35.9 Å². The van der Waals surface area contributed by atoms with Crippen molar-refractivity contribution < 1.29 is 19.0 Å². The molecule has 8 nitrogen and oxygen atoms in total. The van der Waals surface area contributed by atoms with E-state index in [4.69, 9.17) is 14.2 Å². The number of anilines is 1. The smallest absolute Gasteiger partial charge is 0.268 e. The maximum Gasteiger partial charge on any atom is 0.268 e.